The number of aromatic nitrogens is 1. The van der Waals surface area contributed by atoms with E-state index < -0.39 is 17.6 Å². The van der Waals surface area contributed by atoms with E-state index in [9.17, 15) is 17.6 Å². The maximum Gasteiger partial charge on any atom is 0.416 e. The Hall–Kier alpha value is -2.95. The zero-order valence-corrected chi connectivity index (χ0v) is 17.1. The molecule has 0 unspecified atom stereocenters. The Bertz CT molecular complexity index is 1010. The molecule has 1 aromatic heterocycles. The summed E-state index contributed by atoms with van der Waals surface area (Å²) < 4.78 is 57.6. The number of rotatable bonds is 2. The minimum atomic E-state index is -4.37. The van der Waals surface area contributed by atoms with E-state index in [0.29, 0.717) is 67.2 Å². The van der Waals surface area contributed by atoms with Gasteiger partial charge in [-0.3, -0.25) is 5.43 Å². The second kappa shape index (κ2) is 8.66. The number of hydrogen-bond donors (Lipinski definition) is 1. The topological polar surface area (TPSA) is 53.0 Å². The first-order valence-electron chi connectivity index (χ1n) is 9.63. The van der Waals surface area contributed by atoms with Crippen molar-refractivity contribution in [2.75, 3.05) is 37.7 Å². The number of fused-ring (bicyclic) bond motifs is 1. The molecule has 1 aromatic carbocycles. The van der Waals surface area contributed by atoms with Crippen molar-refractivity contribution in [1.29, 1.82) is 0 Å². The maximum absolute atomic E-state index is 13.3. The van der Waals surface area contributed by atoms with Crippen LogP contribution < -0.4 is 15.1 Å². The number of alkyl halides is 3. The standard InChI is InChI=1S/C20H19F4N5OS/c21-14-11-17-18(25-12-14)16(4-9-30-17)26-27-19(31)29-7-5-28(6-8-29)15-3-1-2-13(10-15)20(22,23)24/h1-3,10-12H,4-9H2,(H,27,31)/b26-16-. The molecular formula is C20H19F4N5OS. The summed E-state index contributed by atoms with van der Waals surface area (Å²) in [4.78, 5) is 7.84. The predicted molar refractivity (Wildman–Crippen MR) is 112 cm³/mol. The quantitative estimate of drug-likeness (QED) is 0.427. The van der Waals surface area contributed by atoms with Gasteiger partial charge in [-0.05, 0) is 30.4 Å². The van der Waals surface area contributed by atoms with Crippen molar-refractivity contribution in [3.63, 3.8) is 0 Å². The molecule has 1 fully saturated rings. The van der Waals surface area contributed by atoms with E-state index in [1.807, 2.05) is 9.80 Å². The Morgan fingerprint density at radius 3 is 2.68 bits per heavy atom. The number of nitrogens with zero attached hydrogens (tertiary/aromatic N) is 4. The molecule has 11 heteroatoms. The fourth-order valence-corrected chi connectivity index (χ4v) is 3.69. The van der Waals surface area contributed by atoms with Crippen molar-refractivity contribution in [3.05, 3.63) is 53.6 Å². The average Bonchev–Trinajstić information content (AvgIpc) is 2.77. The lowest BCUT2D eigenvalue weighted by Crippen LogP contribution is -2.51. The highest BCUT2D eigenvalue weighted by molar-refractivity contribution is 7.80. The third-order valence-corrected chi connectivity index (χ3v) is 5.43. The molecule has 0 radical (unpaired) electrons. The number of ether oxygens (including phenoxy) is 1. The van der Waals surface area contributed by atoms with Crippen molar-refractivity contribution < 1.29 is 22.3 Å². The summed E-state index contributed by atoms with van der Waals surface area (Å²) in [5.74, 6) is -0.144. The third-order valence-electron chi connectivity index (χ3n) is 5.08. The van der Waals surface area contributed by atoms with E-state index in [-0.39, 0.29) is 0 Å². The van der Waals surface area contributed by atoms with Crippen molar-refractivity contribution in [3.8, 4) is 5.75 Å². The smallest absolute Gasteiger partial charge is 0.416 e. The van der Waals surface area contributed by atoms with Crippen molar-refractivity contribution in [1.82, 2.24) is 15.3 Å². The highest BCUT2D eigenvalue weighted by Crippen LogP contribution is 2.32. The maximum atomic E-state index is 13.3. The van der Waals surface area contributed by atoms with Crippen LogP contribution in [-0.2, 0) is 6.18 Å². The van der Waals surface area contributed by atoms with E-state index in [0.717, 1.165) is 18.3 Å². The lowest BCUT2D eigenvalue weighted by atomic mass is 10.1. The van der Waals surface area contributed by atoms with Crippen LogP contribution in [0.15, 0.2) is 41.6 Å². The molecule has 0 spiro atoms. The highest BCUT2D eigenvalue weighted by atomic mass is 32.1. The zero-order chi connectivity index (χ0) is 22.0. The number of halogens is 4. The summed E-state index contributed by atoms with van der Waals surface area (Å²) in [5.41, 5.74) is 3.81. The fraction of sp³-hybridized carbons (Fsp3) is 0.350. The number of nitrogens with one attached hydrogen (secondary N) is 1. The molecule has 4 rings (SSSR count). The Labute approximate surface area is 181 Å². The Morgan fingerprint density at radius 1 is 1.16 bits per heavy atom. The number of piperazine rings is 1. The van der Waals surface area contributed by atoms with Crippen LogP contribution in [0, 0.1) is 5.82 Å². The minimum absolute atomic E-state index is 0.340. The molecule has 0 atom stereocenters. The number of pyridine rings is 1. The number of hydrogen-bond acceptors (Lipinski definition) is 5. The molecule has 0 aliphatic carbocycles. The van der Waals surface area contributed by atoms with E-state index in [4.69, 9.17) is 17.0 Å². The normalized spacial score (nSPS) is 17.9. The molecular weight excluding hydrogens is 434 g/mol. The average molecular weight is 453 g/mol. The predicted octanol–water partition coefficient (Wildman–Crippen LogP) is 3.42. The van der Waals surface area contributed by atoms with Crippen LogP contribution in [0.5, 0.6) is 5.75 Å². The molecule has 31 heavy (non-hydrogen) atoms. The van der Waals surface area contributed by atoms with E-state index in [2.05, 4.69) is 15.5 Å². The van der Waals surface area contributed by atoms with Gasteiger partial charge < -0.3 is 14.5 Å². The van der Waals surface area contributed by atoms with Crippen LogP contribution in [0.25, 0.3) is 0 Å². The largest absolute Gasteiger partial charge is 0.491 e. The number of anilines is 1. The molecule has 164 valence electrons. The van der Waals surface area contributed by atoms with Gasteiger partial charge in [0.25, 0.3) is 0 Å². The summed E-state index contributed by atoms with van der Waals surface area (Å²) in [5, 5.41) is 4.73. The van der Waals surface area contributed by atoms with Gasteiger partial charge in [0.15, 0.2) is 5.11 Å². The monoisotopic (exact) mass is 453 g/mol. The van der Waals surface area contributed by atoms with Crippen molar-refractivity contribution in [2.45, 2.75) is 12.6 Å². The SMILES string of the molecule is Fc1cnc2c(c1)OCC/C2=N/NC(=S)N1CCN(c2cccc(C(F)(F)F)c2)CC1. The molecule has 6 nitrogen and oxygen atoms in total. The Kier molecular flexibility index (Phi) is 5.94. The molecule has 0 bridgehead atoms. The Balaban J connectivity index is 1.36. The van der Waals surface area contributed by atoms with Crippen LogP contribution in [0.4, 0.5) is 23.2 Å². The summed E-state index contributed by atoms with van der Waals surface area (Å²) >= 11 is 5.42. The lowest BCUT2D eigenvalue weighted by Gasteiger charge is -2.37. The van der Waals surface area contributed by atoms with Crippen molar-refractivity contribution >= 4 is 28.7 Å². The van der Waals surface area contributed by atoms with Gasteiger partial charge >= 0.3 is 6.18 Å². The molecule has 1 saturated heterocycles. The van der Waals surface area contributed by atoms with Crippen LogP contribution in [0.3, 0.4) is 0 Å². The first-order valence-corrected chi connectivity index (χ1v) is 10.0. The van der Waals surface area contributed by atoms with Gasteiger partial charge in [0, 0.05) is 44.4 Å². The Morgan fingerprint density at radius 2 is 1.94 bits per heavy atom. The highest BCUT2D eigenvalue weighted by Gasteiger charge is 2.31. The van der Waals surface area contributed by atoms with Gasteiger partial charge in [0.2, 0.25) is 0 Å². The van der Waals surface area contributed by atoms with Crippen LogP contribution >= 0.6 is 12.2 Å². The van der Waals surface area contributed by atoms with E-state index >= 15 is 0 Å². The molecule has 0 saturated carbocycles. The van der Waals surface area contributed by atoms with Gasteiger partial charge in [-0.15, -0.1) is 0 Å². The van der Waals surface area contributed by atoms with Crippen LogP contribution in [-0.4, -0.2) is 53.5 Å². The number of thiocarbonyl (C=S) groups is 1. The van der Waals surface area contributed by atoms with Crippen LogP contribution in [0.1, 0.15) is 17.7 Å². The van der Waals surface area contributed by atoms with Crippen molar-refractivity contribution in [2.24, 2.45) is 5.10 Å². The third kappa shape index (κ3) is 4.87. The zero-order valence-electron chi connectivity index (χ0n) is 16.3. The molecule has 3 heterocycles. The first-order chi connectivity index (χ1) is 14.8. The summed E-state index contributed by atoms with van der Waals surface area (Å²) in [6, 6.07) is 6.58. The minimum Gasteiger partial charge on any atom is -0.491 e. The summed E-state index contributed by atoms with van der Waals surface area (Å²) in [7, 11) is 0. The number of benzene rings is 1. The first kappa shape index (κ1) is 21.3. The fourth-order valence-electron chi connectivity index (χ4n) is 3.47. The van der Waals surface area contributed by atoms with Crippen LogP contribution in [0.2, 0.25) is 0 Å². The second-order valence-electron chi connectivity index (χ2n) is 7.10. The van der Waals surface area contributed by atoms with Gasteiger partial charge in [-0.1, -0.05) is 6.07 Å². The van der Waals surface area contributed by atoms with Gasteiger partial charge in [-0.25, -0.2) is 9.37 Å². The van der Waals surface area contributed by atoms with Gasteiger partial charge in [0.1, 0.15) is 17.3 Å². The lowest BCUT2D eigenvalue weighted by molar-refractivity contribution is -0.137. The second-order valence-corrected chi connectivity index (χ2v) is 7.48. The summed E-state index contributed by atoms with van der Waals surface area (Å²) in [6.07, 6.45) is -2.76. The molecule has 2 aliphatic rings. The van der Waals surface area contributed by atoms with Gasteiger partial charge in [-0.2, -0.15) is 18.3 Å². The summed E-state index contributed by atoms with van der Waals surface area (Å²) in [6.45, 7) is 2.49. The number of hydrazone groups is 1. The molecule has 2 aromatic rings. The van der Waals surface area contributed by atoms with E-state index in [1.165, 1.54) is 12.1 Å². The molecule has 1 N–H and O–H groups in total. The van der Waals surface area contributed by atoms with E-state index in [1.54, 1.807) is 6.07 Å². The molecule has 2 aliphatic heterocycles. The van der Waals surface area contributed by atoms with Gasteiger partial charge in [0.05, 0.1) is 24.1 Å². The molecule has 0 amide bonds.